The number of piperazine rings is 1. The number of carbonyl (C=O) groups is 1. The van der Waals surface area contributed by atoms with Crippen molar-refractivity contribution in [1.29, 1.82) is 0 Å². The van der Waals surface area contributed by atoms with Crippen LogP contribution in [0.4, 0.5) is 11.8 Å². The second-order valence-electron chi connectivity index (χ2n) is 8.52. The standard InChI is InChI=1S/C26H24Cl2N6O2/c1-16-3-2-4-19(23(16)28)20-9-10-21-24(30-20)25(32-26(29)31-21)34-13-11-33(12-14-34)22(35)15-36-18-7-5-17(27)6-8-18/h2-10H,11-15H2,1H3,(H2,29,31,32). The number of hydrogen-bond donors (Lipinski definition) is 1. The van der Waals surface area contributed by atoms with Gasteiger partial charge in [0.25, 0.3) is 5.91 Å². The van der Waals surface area contributed by atoms with Gasteiger partial charge in [-0.1, -0.05) is 41.4 Å². The molecule has 0 bridgehead atoms. The molecule has 0 saturated carbocycles. The lowest BCUT2D eigenvalue weighted by atomic mass is 10.1. The van der Waals surface area contributed by atoms with Crippen molar-refractivity contribution in [3.63, 3.8) is 0 Å². The first-order valence-corrected chi connectivity index (χ1v) is 12.3. The minimum atomic E-state index is -0.0776. The first kappa shape index (κ1) is 24.1. The van der Waals surface area contributed by atoms with Gasteiger partial charge in [0.1, 0.15) is 11.3 Å². The van der Waals surface area contributed by atoms with Gasteiger partial charge in [-0.05, 0) is 48.9 Å². The van der Waals surface area contributed by atoms with Crippen LogP contribution < -0.4 is 15.4 Å². The molecule has 1 amide bonds. The zero-order chi connectivity index (χ0) is 25.2. The number of fused-ring (bicyclic) bond motifs is 1. The Labute approximate surface area is 218 Å². The molecule has 2 N–H and O–H groups in total. The third-order valence-electron chi connectivity index (χ3n) is 6.12. The molecule has 184 valence electrons. The molecule has 2 aromatic carbocycles. The number of halogens is 2. The van der Waals surface area contributed by atoms with Crippen molar-refractivity contribution in [1.82, 2.24) is 19.9 Å². The normalized spacial score (nSPS) is 13.8. The number of anilines is 2. The lowest BCUT2D eigenvalue weighted by Crippen LogP contribution is -2.50. The van der Waals surface area contributed by atoms with Crippen LogP contribution in [0.3, 0.4) is 0 Å². The van der Waals surface area contributed by atoms with Crippen LogP contribution in [0.2, 0.25) is 10.0 Å². The monoisotopic (exact) mass is 522 g/mol. The number of nitrogens with two attached hydrogens (primary N) is 1. The van der Waals surface area contributed by atoms with Crippen LogP contribution in [0.5, 0.6) is 5.75 Å². The number of rotatable bonds is 5. The van der Waals surface area contributed by atoms with Gasteiger partial charge < -0.3 is 20.3 Å². The Kier molecular flexibility index (Phi) is 6.80. The van der Waals surface area contributed by atoms with E-state index in [1.807, 2.05) is 37.3 Å². The zero-order valence-corrected chi connectivity index (χ0v) is 21.1. The van der Waals surface area contributed by atoms with E-state index in [0.717, 1.165) is 16.8 Å². The number of ether oxygens (including phenoxy) is 1. The molecule has 5 rings (SSSR count). The Balaban J connectivity index is 1.33. The van der Waals surface area contributed by atoms with Crippen LogP contribution in [0.15, 0.2) is 54.6 Å². The molecule has 3 heterocycles. The summed E-state index contributed by atoms with van der Waals surface area (Å²) in [7, 11) is 0. The number of carbonyl (C=O) groups excluding carboxylic acids is 1. The Bertz CT molecular complexity index is 1420. The topological polar surface area (TPSA) is 97.5 Å². The molecule has 8 nitrogen and oxygen atoms in total. The van der Waals surface area contributed by atoms with Crippen molar-refractivity contribution in [2.45, 2.75) is 6.92 Å². The highest BCUT2D eigenvalue weighted by Gasteiger charge is 2.25. The second-order valence-corrected chi connectivity index (χ2v) is 9.33. The van der Waals surface area contributed by atoms with Gasteiger partial charge in [0.15, 0.2) is 12.4 Å². The number of aromatic nitrogens is 3. The number of aryl methyl sites for hydroxylation is 1. The Morgan fingerprint density at radius 1 is 0.972 bits per heavy atom. The average Bonchev–Trinajstić information content (AvgIpc) is 2.89. The van der Waals surface area contributed by atoms with Crippen molar-refractivity contribution in [2.75, 3.05) is 43.4 Å². The highest BCUT2D eigenvalue weighted by atomic mass is 35.5. The smallest absolute Gasteiger partial charge is 0.260 e. The molecular formula is C26H24Cl2N6O2. The summed E-state index contributed by atoms with van der Waals surface area (Å²) in [5.74, 6) is 1.35. The maximum atomic E-state index is 12.7. The minimum Gasteiger partial charge on any atom is -0.484 e. The van der Waals surface area contributed by atoms with Gasteiger partial charge in [-0.3, -0.25) is 4.79 Å². The SMILES string of the molecule is Cc1cccc(-c2ccc3nc(N)nc(N4CCN(C(=O)COc5ccc(Cl)cc5)CC4)c3n2)c1Cl. The third kappa shape index (κ3) is 5.01. The molecule has 2 aromatic heterocycles. The maximum Gasteiger partial charge on any atom is 0.260 e. The van der Waals surface area contributed by atoms with Gasteiger partial charge in [-0.2, -0.15) is 4.98 Å². The number of pyridine rings is 1. The molecule has 0 radical (unpaired) electrons. The molecule has 1 aliphatic rings. The number of nitrogen functional groups attached to an aromatic ring is 1. The summed E-state index contributed by atoms with van der Waals surface area (Å²) >= 11 is 12.5. The fourth-order valence-corrected chi connectivity index (χ4v) is 4.52. The van der Waals surface area contributed by atoms with Gasteiger partial charge in [-0.25, -0.2) is 9.97 Å². The first-order chi connectivity index (χ1) is 17.4. The Morgan fingerprint density at radius 2 is 1.72 bits per heavy atom. The van der Waals surface area contributed by atoms with Crippen molar-refractivity contribution in [2.24, 2.45) is 0 Å². The molecule has 36 heavy (non-hydrogen) atoms. The van der Waals surface area contributed by atoms with Crippen molar-refractivity contribution in [3.05, 3.63) is 70.2 Å². The summed E-state index contributed by atoms with van der Waals surface area (Å²) in [5, 5.41) is 1.28. The Morgan fingerprint density at radius 3 is 2.47 bits per heavy atom. The predicted molar refractivity (Wildman–Crippen MR) is 143 cm³/mol. The molecule has 0 unspecified atom stereocenters. The molecule has 0 spiro atoms. The lowest BCUT2D eigenvalue weighted by Gasteiger charge is -2.35. The third-order valence-corrected chi connectivity index (χ3v) is 6.87. The largest absolute Gasteiger partial charge is 0.484 e. The zero-order valence-electron chi connectivity index (χ0n) is 19.6. The van der Waals surface area contributed by atoms with E-state index in [1.54, 1.807) is 29.2 Å². The summed E-state index contributed by atoms with van der Waals surface area (Å²) in [5.41, 5.74) is 9.87. The lowest BCUT2D eigenvalue weighted by molar-refractivity contribution is -0.133. The maximum absolute atomic E-state index is 12.7. The highest BCUT2D eigenvalue weighted by molar-refractivity contribution is 6.34. The molecule has 1 fully saturated rings. The molecule has 0 atom stereocenters. The van der Waals surface area contributed by atoms with E-state index >= 15 is 0 Å². The fraction of sp³-hybridized carbons (Fsp3) is 0.231. The van der Waals surface area contributed by atoms with Crippen LogP contribution in [-0.4, -0.2) is 58.5 Å². The van der Waals surface area contributed by atoms with E-state index in [2.05, 4.69) is 14.9 Å². The molecule has 0 aliphatic carbocycles. The molecule has 10 heteroatoms. The number of benzene rings is 2. The molecular weight excluding hydrogens is 499 g/mol. The van der Waals surface area contributed by atoms with Crippen LogP contribution in [0.1, 0.15) is 5.56 Å². The van der Waals surface area contributed by atoms with E-state index in [4.69, 9.17) is 38.7 Å². The minimum absolute atomic E-state index is 0.0345. The number of nitrogens with zero attached hydrogens (tertiary/aromatic N) is 5. The summed E-state index contributed by atoms with van der Waals surface area (Å²) in [6.45, 7) is 4.14. The van der Waals surface area contributed by atoms with E-state index in [-0.39, 0.29) is 18.5 Å². The quantitative estimate of drug-likeness (QED) is 0.408. The Hall–Kier alpha value is -3.62. The van der Waals surface area contributed by atoms with Crippen molar-refractivity contribution >= 4 is 51.9 Å². The van der Waals surface area contributed by atoms with E-state index in [9.17, 15) is 4.79 Å². The second kappa shape index (κ2) is 10.2. The number of amides is 1. The van der Waals surface area contributed by atoms with Gasteiger partial charge in [0.05, 0.1) is 16.2 Å². The molecule has 4 aromatic rings. The van der Waals surface area contributed by atoms with E-state index < -0.39 is 0 Å². The molecule has 1 saturated heterocycles. The predicted octanol–water partition coefficient (Wildman–Crippen LogP) is 4.62. The number of hydrogen-bond acceptors (Lipinski definition) is 7. The van der Waals surface area contributed by atoms with Gasteiger partial charge in [-0.15, -0.1) is 0 Å². The van der Waals surface area contributed by atoms with E-state index in [1.165, 1.54) is 0 Å². The van der Waals surface area contributed by atoms with Crippen LogP contribution in [-0.2, 0) is 4.79 Å². The fourth-order valence-electron chi connectivity index (χ4n) is 4.17. The summed E-state index contributed by atoms with van der Waals surface area (Å²) < 4.78 is 5.61. The van der Waals surface area contributed by atoms with Gasteiger partial charge in [0, 0.05) is 36.8 Å². The van der Waals surface area contributed by atoms with Crippen LogP contribution in [0.25, 0.3) is 22.3 Å². The van der Waals surface area contributed by atoms with Crippen LogP contribution >= 0.6 is 23.2 Å². The highest BCUT2D eigenvalue weighted by Crippen LogP contribution is 2.32. The van der Waals surface area contributed by atoms with Crippen molar-refractivity contribution < 1.29 is 9.53 Å². The summed E-state index contributed by atoms with van der Waals surface area (Å²) in [6.07, 6.45) is 0. The average molecular weight is 523 g/mol. The summed E-state index contributed by atoms with van der Waals surface area (Å²) in [4.78, 5) is 30.3. The van der Waals surface area contributed by atoms with Gasteiger partial charge >= 0.3 is 0 Å². The van der Waals surface area contributed by atoms with E-state index in [0.29, 0.717) is 58.8 Å². The summed E-state index contributed by atoms with van der Waals surface area (Å²) in [6, 6.07) is 16.6. The van der Waals surface area contributed by atoms with Crippen LogP contribution in [0, 0.1) is 6.92 Å². The first-order valence-electron chi connectivity index (χ1n) is 11.5. The van der Waals surface area contributed by atoms with Gasteiger partial charge in [0.2, 0.25) is 5.95 Å². The van der Waals surface area contributed by atoms with Crippen molar-refractivity contribution in [3.8, 4) is 17.0 Å². The molecule has 1 aliphatic heterocycles.